The van der Waals surface area contributed by atoms with Crippen LogP contribution >= 0.6 is 24.0 Å². The van der Waals surface area contributed by atoms with Gasteiger partial charge in [0.1, 0.15) is 5.75 Å². The summed E-state index contributed by atoms with van der Waals surface area (Å²) >= 11 is 7.34. The van der Waals surface area contributed by atoms with Crippen LogP contribution in [-0.2, 0) is 5.75 Å². The molecular formula is C22H28N2OS2. The zero-order chi connectivity index (χ0) is 18.7. The van der Waals surface area contributed by atoms with E-state index in [1.54, 1.807) is 0 Å². The molecule has 0 bridgehead atoms. The van der Waals surface area contributed by atoms with Gasteiger partial charge >= 0.3 is 0 Å². The monoisotopic (exact) mass is 400 g/mol. The van der Waals surface area contributed by atoms with Gasteiger partial charge in [-0.1, -0.05) is 30.3 Å². The van der Waals surface area contributed by atoms with Crippen LogP contribution in [0.4, 0.5) is 5.69 Å². The van der Waals surface area contributed by atoms with Crippen molar-refractivity contribution in [1.82, 2.24) is 5.32 Å². The first kappa shape index (κ1) is 20.0. The van der Waals surface area contributed by atoms with Crippen LogP contribution in [0.15, 0.2) is 54.6 Å². The summed E-state index contributed by atoms with van der Waals surface area (Å²) < 4.78 is 5.99. The van der Waals surface area contributed by atoms with Gasteiger partial charge in [-0.15, -0.1) is 0 Å². The summed E-state index contributed by atoms with van der Waals surface area (Å²) in [7, 11) is 0. The number of nitrogens with one attached hydrogen (secondary N) is 2. The first-order valence-electron chi connectivity index (χ1n) is 9.73. The van der Waals surface area contributed by atoms with Gasteiger partial charge in [-0.3, -0.25) is 0 Å². The van der Waals surface area contributed by atoms with E-state index in [0.717, 1.165) is 35.9 Å². The molecule has 0 aliphatic heterocycles. The van der Waals surface area contributed by atoms with E-state index in [0.29, 0.717) is 11.2 Å². The summed E-state index contributed by atoms with van der Waals surface area (Å²) in [5.41, 5.74) is 2.37. The fourth-order valence-corrected chi connectivity index (χ4v) is 4.27. The van der Waals surface area contributed by atoms with Crippen molar-refractivity contribution in [3.8, 4) is 5.75 Å². The van der Waals surface area contributed by atoms with Gasteiger partial charge in [0.05, 0.1) is 6.10 Å². The molecule has 3 rings (SSSR count). The number of rotatable bonds is 9. The molecular weight excluding hydrogens is 372 g/mol. The highest BCUT2D eigenvalue weighted by atomic mass is 32.2. The van der Waals surface area contributed by atoms with E-state index < -0.39 is 0 Å². The molecule has 2 aromatic carbocycles. The molecule has 0 amide bonds. The predicted molar refractivity (Wildman–Crippen MR) is 121 cm³/mol. The molecule has 1 aliphatic carbocycles. The van der Waals surface area contributed by atoms with Crippen LogP contribution in [0.1, 0.15) is 37.7 Å². The Hall–Kier alpha value is -1.72. The fourth-order valence-electron chi connectivity index (χ4n) is 3.13. The van der Waals surface area contributed by atoms with Crippen LogP contribution < -0.4 is 15.4 Å². The van der Waals surface area contributed by atoms with Crippen molar-refractivity contribution in [2.24, 2.45) is 0 Å². The van der Waals surface area contributed by atoms with Crippen molar-refractivity contribution >= 4 is 34.8 Å². The maximum absolute atomic E-state index is 5.99. The second-order valence-corrected chi connectivity index (χ2v) is 8.33. The minimum Gasteiger partial charge on any atom is -0.490 e. The molecule has 0 atom stereocenters. The van der Waals surface area contributed by atoms with Crippen molar-refractivity contribution in [2.45, 2.75) is 44.0 Å². The van der Waals surface area contributed by atoms with Crippen LogP contribution in [0.5, 0.6) is 5.75 Å². The summed E-state index contributed by atoms with van der Waals surface area (Å²) in [6.45, 7) is 0.885. The van der Waals surface area contributed by atoms with Crippen molar-refractivity contribution < 1.29 is 4.74 Å². The maximum atomic E-state index is 5.99. The maximum Gasteiger partial charge on any atom is 0.170 e. The predicted octanol–water partition coefficient (Wildman–Crippen LogP) is 5.62. The fraction of sp³-hybridized carbons (Fsp3) is 0.409. The lowest BCUT2D eigenvalue weighted by Crippen LogP contribution is -2.29. The largest absolute Gasteiger partial charge is 0.490 e. The average Bonchev–Trinajstić information content (AvgIpc) is 3.20. The standard InChI is InChI=1S/C22H28N2OS2/c26-22(23-15-6-16-27-17-18-7-2-1-3-8-18)24-19-11-13-21(14-12-19)25-20-9-4-5-10-20/h1-3,7-8,11-14,20H,4-6,9-10,15-17H2,(H2,23,24,26). The van der Waals surface area contributed by atoms with Gasteiger partial charge in [-0.05, 0) is 79.9 Å². The highest BCUT2D eigenvalue weighted by molar-refractivity contribution is 7.98. The smallest absolute Gasteiger partial charge is 0.170 e. The highest BCUT2D eigenvalue weighted by Gasteiger charge is 2.16. The van der Waals surface area contributed by atoms with Crippen LogP contribution in [0.3, 0.4) is 0 Å². The second-order valence-electron chi connectivity index (χ2n) is 6.82. The molecule has 0 spiro atoms. The van der Waals surface area contributed by atoms with Crippen LogP contribution in [0.25, 0.3) is 0 Å². The molecule has 0 saturated heterocycles. The summed E-state index contributed by atoms with van der Waals surface area (Å²) in [6, 6.07) is 18.7. The van der Waals surface area contributed by atoms with E-state index in [9.17, 15) is 0 Å². The van der Waals surface area contributed by atoms with Gasteiger partial charge < -0.3 is 15.4 Å². The lowest BCUT2D eigenvalue weighted by Gasteiger charge is -2.14. The number of ether oxygens (including phenoxy) is 1. The first-order chi connectivity index (χ1) is 13.3. The van der Waals surface area contributed by atoms with Crippen LogP contribution in [0, 0.1) is 0 Å². The lowest BCUT2D eigenvalue weighted by atomic mass is 10.2. The highest BCUT2D eigenvalue weighted by Crippen LogP contribution is 2.25. The second kappa shape index (κ2) is 11.2. The Morgan fingerprint density at radius 2 is 1.78 bits per heavy atom. The summed E-state index contributed by atoms with van der Waals surface area (Å²) in [5.74, 6) is 3.14. The molecule has 0 unspecified atom stereocenters. The average molecular weight is 401 g/mol. The van der Waals surface area contributed by atoms with Gasteiger partial charge in [0, 0.05) is 18.0 Å². The molecule has 2 N–H and O–H groups in total. The number of hydrogen-bond donors (Lipinski definition) is 2. The Morgan fingerprint density at radius 3 is 2.52 bits per heavy atom. The molecule has 1 saturated carbocycles. The number of thiocarbonyl (C=S) groups is 1. The number of thioether (sulfide) groups is 1. The van der Waals surface area contributed by atoms with E-state index in [1.165, 1.54) is 31.2 Å². The molecule has 0 radical (unpaired) electrons. The van der Waals surface area contributed by atoms with E-state index in [4.69, 9.17) is 17.0 Å². The zero-order valence-electron chi connectivity index (χ0n) is 15.7. The van der Waals surface area contributed by atoms with Crippen molar-refractivity contribution in [3.05, 3.63) is 60.2 Å². The quantitative estimate of drug-likeness (QED) is 0.422. The van der Waals surface area contributed by atoms with E-state index in [2.05, 4.69) is 41.0 Å². The molecule has 0 aromatic heterocycles. The Labute approximate surface area is 172 Å². The minimum absolute atomic E-state index is 0.395. The van der Waals surface area contributed by atoms with E-state index in [1.807, 2.05) is 36.0 Å². The van der Waals surface area contributed by atoms with Crippen LogP contribution in [0.2, 0.25) is 0 Å². The molecule has 1 fully saturated rings. The summed E-state index contributed by atoms with van der Waals surface area (Å²) in [4.78, 5) is 0. The third kappa shape index (κ3) is 7.43. The minimum atomic E-state index is 0.395. The third-order valence-electron chi connectivity index (χ3n) is 4.58. The molecule has 1 aliphatic rings. The first-order valence-corrected chi connectivity index (χ1v) is 11.3. The summed E-state index contributed by atoms with van der Waals surface area (Å²) in [5, 5.41) is 7.19. The van der Waals surface area contributed by atoms with Gasteiger partial charge in [-0.25, -0.2) is 0 Å². The Balaban J connectivity index is 1.27. The third-order valence-corrected chi connectivity index (χ3v) is 5.94. The molecule has 0 heterocycles. The normalized spacial score (nSPS) is 14.1. The molecule has 3 nitrogen and oxygen atoms in total. The summed E-state index contributed by atoms with van der Waals surface area (Å²) in [6.07, 6.45) is 6.42. The van der Waals surface area contributed by atoms with Gasteiger partial charge in [0.25, 0.3) is 0 Å². The van der Waals surface area contributed by atoms with E-state index >= 15 is 0 Å². The van der Waals surface area contributed by atoms with Crippen LogP contribution in [-0.4, -0.2) is 23.5 Å². The van der Waals surface area contributed by atoms with Gasteiger partial charge in [-0.2, -0.15) is 11.8 Å². The van der Waals surface area contributed by atoms with Gasteiger partial charge in [0.15, 0.2) is 5.11 Å². The number of hydrogen-bond acceptors (Lipinski definition) is 3. The SMILES string of the molecule is S=C(NCCCSCc1ccccc1)Nc1ccc(OC2CCCC2)cc1. The number of benzene rings is 2. The van der Waals surface area contributed by atoms with Crippen molar-refractivity contribution in [2.75, 3.05) is 17.6 Å². The Kier molecular flexibility index (Phi) is 8.31. The molecule has 27 heavy (non-hydrogen) atoms. The number of anilines is 1. The van der Waals surface area contributed by atoms with Crippen molar-refractivity contribution in [1.29, 1.82) is 0 Å². The Morgan fingerprint density at radius 1 is 1.04 bits per heavy atom. The molecule has 5 heteroatoms. The topological polar surface area (TPSA) is 33.3 Å². The van der Waals surface area contributed by atoms with Crippen molar-refractivity contribution in [3.63, 3.8) is 0 Å². The lowest BCUT2D eigenvalue weighted by molar-refractivity contribution is 0.210. The molecule has 2 aromatic rings. The Bertz CT molecular complexity index is 685. The molecule has 144 valence electrons. The van der Waals surface area contributed by atoms with Gasteiger partial charge in [0.2, 0.25) is 0 Å². The zero-order valence-corrected chi connectivity index (χ0v) is 17.3. The van der Waals surface area contributed by atoms with E-state index in [-0.39, 0.29) is 0 Å².